The Hall–Kier alpha value is -3.33. The first kappa shape index (κ1) is 21.9. The van der Waals surface area contributed by atoms with E-state index < -0.39 is 6.03 Å². The number of ether oxygens (including phenoxy) is 2. The van der Waals surface area contributed by atoms with Crippen LogP contribution < -0.4 is 20.9 Å². The Morgan fingerprint density at radius 3 is 2.59 bits per heavy atom. The predicted molar refractivity (Wildman–Crippen MR) is 120 cm³/mol. The van der Waals surface area contributed by atoms with Crippen LogP contribution in [0.3, 0.4) is 0 Å². The molecule has 0 spiro atoms. The number of hydrogen-bond acceptors (Lipinski definition) is 5. The van der Waals surface area contributed by atoms with Crippen molar-refractivity contribution < 1.29 is 19.1 Å². The number of carbonyl (C=O) groups is 2. The summed E-state index contributed by atoms with van der Waals surface area (Å²) in [5.41, 5.74) is 1.41. The van der Waals surface area contributed by atoms with Crippen LogP contribution in [0, 0.1) is 5.92 Å². The fourth-order valence-electron chi connectivity index (χ4n) is 4.62. The van der Waals surface area contributed by atoms with Gasteiger partial charge in [-0.1, -0.05) is 12.1 Å². The second-order valence-electron chi connectivity index (χ2n) is 8.21. The number of piperidine rings is 1. The minimum atomic E-state index is -0.516. The number of likely N-dealkylation sites (tertiary alicyclic amines) is 1. The number of methoxy groups -OCH3 is 2. The van der Waals surface area contributed by atoms with Crippen LogP contribution in [0.2, 0.25) is 0 Å². The normalized spacial score (nSPS) is 19.1. The van der Waals surface area contributed by atoms with E-state index in [1.54, 1.807) is 42.0 Å². The molecular formula is C23H28N4O5. The van der Waals surface area contributed by atoms with Crippen molar-refractivity contribution in [2.75, 3.05) is 44.5 Å². The molecule has 3 heterocycles. The van der Waals surface area contributed by atoms with Gasteiger partial charge in [0.25, 0.3) is 5.56 Å². The van der Waals surface area contributed by atoms with Gasteiger partial charge in [0.05, 0.1) is 25.8 Å². The van der Waals surface area contributed by atoms with Gasteiger partial charge in [0.15, 0.2) is 0 Å². The van der Waals surface area contributed by atoms with Crippen molar-refractivity contribution in [2.45, 2.75) is 25.3 Å². The van der Waals surface area contributed by atoms with Crippen LogP contribution in [0.1, 0.15) is 24.5 Å². The molecule has 2 bridgehead atoms. The lowest BCUT2D eigenvalue weighted by atomic mass is 9.83. The number of para-hydroxylation sites is 2. The van der Waals surface area contributed by atoms with Gasteiger partial charge < -0.3 is 29.6 Å². The Morgan fingerprint density at radius 2 is 1.81 bits per heavy atom. The molecule has 1 fully saturated rings. The van der Waals surface area contributed by atoms with E-state index in [0.717, 1.165) is 12.1 Å². The van der Waals surface area contributed by atoms with Crippen LogP contribution >= 0.6 is 0 Å². The molecule has 1 aromatic heterocycles. The molecule has 170 valence electrons. The summed E-state index contributed by atoms with van der Waals surface area (Å²) in [6, 6.07) is 10.1. The maximum atomic E-state index is 13.1. The van der Waals surface area contributed by atoms with Gasteiger partial charge in [-0.3, -0.25) is 9.59 Å². The second kappa shape index (κ2) is 9.44. The van der Waals surface area contributed by atoms with E-state index in [4.69, 9.17) is 9.47 Å². The topological polar surface area (TPSA) is 102 Å². The number of fused-ring (bicyclic) bond motifs is 4. The molecule has 2 aromatic rings. The van der Waals surface area contributed by atoms with E-state index in [-0.39, 0.29) is 29.0 Å². The third-order valence-corrected chi connectivity index (χ3v) is 6.08. The summed E-state index contributed by atoms with van der Waals surface area (Å²) in [7, 11) is 3.11. The molecule has 0 radical (unpaired) electrons. The average molecular weight is 441 g/mol. The van der Waals surface area contributed by atoms with E-state index in [0.29, 0.717) is 44.1 Å². The molecule has 1 aromatic carbocycles. The minimum absolute atomic E-state index is 0.0867. The van der Waals surface area contributed by atoms with Gasteiger partial charge in [0.1, 0.15) is 11.4 Å². The smallest absolute Gasteiger partial charge is 0.323 e. The first-order chi connectivity index (χ1) is 15.5. The molecule has 0 saturated carbocycles. The van der Waals surface area contributed by atoms with Gasteiger partial charge in [-0.15, -0.1) is 0 Å². The number of rotatable bonds is 6. The fourth-order valence-corrected chi connectivity index (χ4v) is 4.62. The van der Waals surface area contributed by atoms with Crippen LogP contribution in [-0.2, 0) is 16.1 Å². The molecule has 2 N–H and O–H groups in total. The number of carbonyl (C=O) groups excluding carboxylic acids is 2. The Labute approximate surface area is 186 Å². The van der Waals surface area contributed by atoms with E-state index >= 15 is 0 Å². The molecule has 2 aliphatic heterocycles. The van der Waals surface area contributed by atoms with E-state index in [1.807, 2.05) is 11.0 Å². The highest BCUT2D eigenvalue weighted by atomic mass is 16.5. The van der Waals surface area contributed by atoms with Crippen molar-refractivity contribution in [3.05, 3.63) is 52.4 Å². The van der Waals surface area contributed by atoms with E-state index in [2.05, 4.69) is 10.6 Å². The Kier molecular flexibility index (Phi) is 6.45. The fraction of sp³-hybridized carbons (Fsp3) is 0.435. The standard InChI is InChI=1S/C23H28N4O5/c1-31-10-9-21(28)26-12-15-11-16(14-26)19-8-7-18(22(29)27(19)13-15)25-23(30)24-17-5-3-4-6-20(17)32-2/h3-8,15-16H,9-14H2,1-2H3,(H2,24,25,30)/t15-,16-/m1/s1. The van der Waals surface area contributed by atoms with Gasteiger partial charge in [-0.25, -0.2) is 4.79 Å². The highest BCUT2D eigenvalue weighted by Crippen LogP contribution is 2.35. The Morgan fingerprint density at radius 1 is 1.03 bits per heavy atom. The number of amides is 3. The van der Waals surface area contributed by atoms with E-state index in [1.165, 1.54) is 7.11 Å². The molecule has 4 rings (SSSR count). The zero-order valence-electron chi connectivity index (χ0n) is 18.3. The third kappa shape index (κ3) is 4.47. The lowest BCUT2D eigenvalue weighted by molar-refractivity contribution is -0.134. The molecular weight excluding hydrogens is 412 g/mol. The monoisotopic (exact) mass is 440 g/mol. The summed E-state index contributed by atoms with van der Waals surface area (Å²) < 4.78 is 12.0. The Balaban J connectivity index is 1.48. The van der Waals surface area contributed by atoms with Crippen molar-refractivity contribution in [1.82, 2.24) is 9.47 Å². The zero-order chi connectivity index (χ0) is 22.7. The molecule has 2 atom stereocenters. The second-order valence-corrected chi connectivity index (χ2v) is 8.21. The highest BCUT2D eigenvalue weighted by Gasteiger charge is 2.36. The van der Waals surface area contributed by atoms with E-state index in [9.17, 15) is 14.4 Å². The molecule has 3 amide bonds. The van der Waals surface area contributed by atoms with Crippen LogP contribution in [0.5, 0.6) is 5.75 Å². The molecule has 9 heteroatoms. The van der Waals surface area contributed by atoms with Crippen molar-refractivity contribution in [1.29, 1.82) is 0 Å². The van der Waals surface area contributed by atoms with Crippen molar-refractivity contribution in [3.63, 3.8) is 0 Å². The first-order valence-electron chi connectivity index (χ1n) is 10.7. The summed E-state index contributed by atoms with van der Waals surface area (Å²) in [5.74, 6) is 0.937. The van der Waals surface area contributed by atoms with Gasteiger partial charge >= 0.3 is 6.03 Å². The molecule has 0 aliphatic carbocycles. The predicted octanol–water partition coefficient (Wildman–Crippen LogP) is 2.48. The maximum Gasteiger partial charge on any atom is 0.323 e. The minimum Gasteiger partial charge on any atom is -0.495 e. The number of nitrogens with one attached hydrogen (secondary N) is 2. The first-order valence-corrected chi connectivity index (χ1v) is 10.7. The van der Waals surface area contributed by atoms with Crippen LogP contribution in [0.15, 0.2) is 41.2 Å². The maximum absolute atomic E-state index is 13.1. The van der Waals surface area contributed by atoms with Crippen LogP contribution in [0.25, 0.3) is 0 Å². The number of hydrogen-bond donors (Lipinski definition) is 2. The number of nitrogens with zero attached hydrogens (tertiary/aromatic N) is 2. The molecule has 2 aliphatic rings. The van der Waals surface area contributed by atoms with Crippen LogP contribution in [-0.4, -0.2) is 55.3 Å². The van der Waals surface area contributed by atoms with Gasteiger partial charge in [0, 0.05) is 38.4 Å². The quantitative estimate of drug-likeness (QED) is 0.719. The Bertz CT molecular complexity index is 1070. The van der Waals surface area contributed by atoms with Gasteiger partial charge in [-0.05, 0) is 36.6 Å². The summed E-state index contributed by atoms with van der Waals surface area (Å²) in [5, 5.41) is 5.37. The van der Waals surface area contributed by atoms with Crippen molar-refractivity contribution >= 4 is 23.3 Å². The molecule has 1 saturated heterocycles. The SMILES string of the molecule is COCCC(=O)N1C[C@H]2C[C@H](C1)c1ccc(NC(=O)Nc3ccccc3OC)c(=O)n1C2. The summed E-state index contributed by atoms with van der Waals surface area (Å²) >= 11 is 0. The number of pyridine rings is 1. The highest BCUT2D eigenvalue weighted by molar-refractivity contribution is 6.00. The third-order valence-electron chi connectivity index (χ3n) is 6.08. The number of benzene rings is 1. The number of aromatic nitrogens is 1. The van der Waals surface area contributed by atoms with Crippen molar-refractivity contribution in [3.8, 4) is 5.75 Å². The van der Waals surface area contributed by atoms with Gasteiger partial charge in [0.2, 0.25) is 5.91 Å². The lowest BCUT2D eigenvalue weighted by Crippen LogP contribution is -2.49. The summed E-state index contributed by atoms with van der Waals surface area (Å²) in [4.78, 5) is 39.9. The van der Waals surface area contributed by atoms with Crippen molar-refractivity contribution in [2.24, 2.45) is 5.92 Å². The molecule has 32 heavy (non-hydrogen) atoms. The summed E-state index contributed by atoms with van der Waals surface area (Å²) in [6.45, 7) is 2.17. The number of anilines is 2. The molecule has 0 unspecified atom stereocenters. The zero-order valence-corrected chi connectivity index (χ0v) is 18.3. The lowest BCUT2D eigenvalue weighted by Gasteiger charge is -2.43. The largest absolute Gasteiger partial charge is 0.495 e. The van der Waals surface area contributed by atoms with Gasteiger partial charge in [-0.2, -0.15) is 0 Å². The molecule has 9 nitrogen and oxygen atoms in total. The van der Waals surface area contributed by atoms with Crippen LogP contribution in [0.4, 0.5) is 16.2 Å². The number of urea groups is 1. The summed E-state index contributed by atoms with van der Waals surface area (Å²) in [6.07, 6.45) is 1.32. The average Bonchev–Trinajstić information content (AvgIpc) is 2.79.